The second kappa shape index (κ2) is 4.86. The molecule has 5 heteroatoms. The molecule has 22 heavy (non-hydrogen) atoms. The van der Waals surface area contributed by atoms with Gasteiger partial charge in [-0.3, -0.25) is 0 Å². The highest BCUT2D eigenvalue weighted by atomic mass is 16.5. The van der Waals surface area contributed by atoms with E-state index in [9.17, 15) is 0 Å². The molecule has 2 aromatic heterocycles. The van der Waals surface area contributed by atoms with Crippen LogP contribution in [0.5, 0.6) is 5.75 Å². The molecule has 2 aliphatic rings. The number of nitrogens with zero attached hydrogens (tertiary/aromatic N) is 4. The molecule has 1 aliphatic carbocycles. The first kappa shape index (κ1) is 13.9. The molecule has 0 N–H and O–H groups in total. The zero-order chi connectivity index (χ0) is 15.4. The van der Waals surface area contributed by atoms with Crippen LogP contribution in [0.2, 0.25) is 0 Å². The summed E-state index contributed by atoms with van der Waals surface area (Å²) >= 11 is 0. The van der Waals surface area contributed by atoms with Crippen molar-refractivity contribution < 1.29 is 4.74 Å². The van der Waals surface area contributed by atoms with Gasteiger partial charge < -0.3 is 9.64 Å². The van der Waals surface area contributed by atoms with Gasteiger partial charge in [0.05, 0.1) is 18.4 Å². The lowest BCUT2D eigenvalue weighted by Crippen LogP contribution is -2.50. The molecule has 0 radical (unpaired) electrons. The summed E-state index contributed by atoms with van der Waals surface area (Å²) < 4.78 is 8.11. The minimum Gasteiger partial charge on any atom is -0.483 e. The molecule has 3 heterocycles. The lowest BCUT2D eigenvalue weighted by atomic mass is 10.1. The first-order valence-corrected chi connectivity index (χ1v) is 8.39. The quantitative estimate of drug-likeness (QED) is 0.852. The molecule has 0 bridgehead atoms. The standard InChI is InChI=1S/C17H24N4O/c1-10(2)12-8-18-20-9-15-17(19-16(12)20)21(11(3)4)13-6-5-7-14(13)22-15/h8-11,13-14H,5-7H2,1-4H3/t13-,14+/m1/s1. The Balaban J connectivity index is 1.90. The number of aromatic nitrogens is 3. The first-order valence-electron chi connectivity index (χ1n) is 8.39. The number of ether oxygens (including phenoxy) is 1. The smallest absolute Gasteiger partial charge is 0.180 e. The van der Waals surface area contributed by atoms with Crippen LogP contribution in [0, 0.1) is 0 Å². The molecule has 4 rings (SSSR count). The highest BCUT2D eigenvalue weighted by Crippen LogP contribution is 2.42. The van der Waals surface area contributed by atoms with Crippen LogP contribution in [-0.2, 0) is 0 Å². The van der Waals surface area contributed by atoms with E-state index < -0.39 is 0 Å². The molecular weight excluding hydrogens is 276 g/mol. The molecule has 1 aliphatic heterocycles. The number of anilines is 1. The van der Waals surface area contributed by atoms with Crippen molar-refractivity contribution in [1.82, 2.24) is 14.6 Å². The molecule has 0 saturated heterocycles. The molecule has 118 valence electrons. The van der Waals surface area contributed by atoms with Gasteiger partial charge >= 0.3 is 0 Å². The number of hydrogen-bond donors (Lipinski definition) is 0. The molecule has 0 aromatic carbocycles. The van der Waals surface area contributed by atoms with E-state index in [1.165, 1.54) is 18.4 Å². The second-order valence-electron chi connectivity index (χ2n) is 7.11. The summed E-state index contributed by atoms with van der Waals surface area (Å²) in [6.45, 7) is 8.86. The van der Waals surface area contributed by atoms with Gasteiger partial charge in [-0.1, -0.05) is 13.8 Å². The van der Waals surface area contributed by atoms with E-state index in [2.05, 4.69) is 37.7 Å². The minimum atomic E-state index is 0.300. The van der Waals surface area contributed by atoms with Gasteiger partial charge in [0.15, 0.2) is 17.2 Å². The van der Waals surface area contributed by atoms with Gasteiger partial charge in [0, 0.05) is 11.6 Å². The average Bonchev–Trinajstić information content (AvgIpc) is 3.07. The van der Waals surface area contributed by atoms with Gasteiger partial charge in [-0.05, 0) is 39.0 Å². The molecule has 2 atom stereocenters. The maximum Gasteiger partial charge on any atom is 0.180 e. The van der Waals surface area contributed by atoms with Crippen molar-refractivity contribution in [3.8, 4) is 5.75 Å². The second-order valence-corrected chi connectivity index (χ2v) is 7.11. The Kier molecular flexibility index (Phi) is 3.06. The van der Waals surface area contributed by atoms with Crippen molar-refractivity contribution in [2.75, 3.05) is 4.90 Å². The third kappa shape index (κ3) is 1.91. The highest BCUT2D eigenvalue weighted by Gasteiger charge is 2.41. The van der Waals surface area contributed by atoms with Gasteiger partial charge in [0.25, 0.3) is 0 Å². The zero-order valence-corrected chi connectivity index (χ0v) is 13.8. The Bertz CT molecular complexity index is 706. The average molecular weight is 300 g/mol. The summed E-state index contributed by atoms with van der Waals surface area (Å²) in [6, 6.07) is 0.890. The van der Waals surface area contributed by atoms with Gasteiger partial charge in [0.1, 0.15) is 6.10 Å². The predicted octanol–water partition coefficient (Wildman–Crippen LogP) is 3.38. The Labute approximate surface area is 131 Å². The van der Waals surface area contributed by atoms with Gasteiger partial charge in [-0.15, -0.1) is 0 Å². The molecule has 0 amide bonds. The van der Waals surface area contributed by atoms with Crippen molar-refractivity contribution in [1.29, 1.82) is 0 Å². The summed E-state index contributed by atoms with van der Waals surface area (Å²) in [7, 11) is 0. The summed E-state index contributed by atoms with van der Waals surface area (Å²) in [5.74, 6) is 2.29. The number of rotatable bonds is 2. The topological polar surface area (TPSA) is 42.7 Å². The largest absolute Gasteiger partial charge is 0.483 e. The Morgan fingerprint density at radius 2 is 2.05 bits per heavy atom. The lowest BCUT2D eigenvalue weighted by Gasteiger charge is -2.42. The van der Waals surface area contributed by atoms with E-state index in [-0.39, 0.29) is 0 Å². The lowest BCUT2D eigenvalue weighted by molar-refractivity contribution is 0.165. The fraction of sp³-hybridized carbons (Fsp3) is 0.647. The monoisotopic (exact) mass is 300 g/mol. The molecular formula is C17H24N4O. The van der Waals surface area contributed by atoms with Crippen molar-refractivity contribution >= 4 is 11.5 Å². The van der Waals surface area contributed by atoms with Crippen molar-refractivity contribution in [2.45, 2.75) is 71.1 Å². The van der Waals surface area contributed by atoms with Crippen LogP contribution in [0.15, 0.2) is 12.4 Å². The minimum absolute atomic E-state index is 0.300. The maximum atomic E-state index is 6.25. The third-order valence-corrected chi connectivity index (χ3v) is 4.94. The van der Waals surface area contributed by atoms with E-state index in [4.69, 9.17) is 9.72 Å². The predicted molar refractivity (Wildman–Crippen MR) is 86.7 cm³/mol. The molecule has 0 spiro atoms. The molecule has 2 aromatic rings. The molecule has 1 fully saturated rings. The SMILES string of the molecule is CC(C)c1cnn2cc3c(nc12)N(C(C)C)[C@@H]1CCC[C@@H]1O3. The molecule has 5 nitrogen and oxygen atoms in total. The Morgan fingerprint density at radius 1 is 1.23 bits per heavy atom. The molecule has 1 saturated carbocycles. The van der Waals surface area contributed by atoms with Crippen LogP contribution in [0.4, 0.5) is 5.82 Å². The van der Waals surface area contributed by atoms with Crippen LogP contribution < -0.4 is 9.64 Å². The fourth-order valence-electron chi connectivity index (χ4n) is 3.89. The first-order chi connectivity index (χ1) is 10.6. The summed E-state index contributed by atoms with van der Waals surface area (Å²) in [5, 5.41) is 4.46. The summed E-state index contributed by atoms with van der Waals surface area (Å²) in [5.41, 5.74) is 2.15. The van der Waals surface area contributed by atoms with Crippen LogP contribution in [0.3, 0.4) is 0 Å². The summed E-state index contributed by atoms with van der Waals surface area (Å²) in [6.07, 6.45) is 7.81. The van der Waals surface area contributed by atoms with Crippen LogP contribution >= 0.6 is 0 Å². The highest BCUT2D eigenvalue weighted by molar-refractivity contribution is 5.62. The van der Waals surface area contributed by atoms with Crippen molar-refractivity contribution in [3.05, 3.63) is 18.0 Å². The van der Waals surface area contributed by atoms with E-state index >= 15 is 0 Å². The van der Waals surface area contributed by atoms with E-state index in [1.54, 1.807) is 0 Å². The summed E-state index contributed by atoms with van der Waals surface area (Å²) in [4.78, 5) is 7.43. The Morgan fingerprint density at radius 3 is 2.77 bits per heavy atom. The van der Waals surface area contributed by atoms with E-state index in [0.717, 1.165) is 23.6 Å². The van der Waals surface area contributed by atoms with Crippen molar-refractivity contribution in [3.63, 3.8) is 0 Å². The van der Waals surface area contributed by atoms with Crippen LogP contribution in [0.1, 0.15) is 58.4 Å². The van der Waals surface area contributed by atoms with Gasteiger partial charge in [0.2, 0.25) is 0 Å². The van der Waals surface area contributed by atoms with Gasteiger partial charge in [-0.2, -0.15) is 5.10 Å². The van der Waals surface area contributed by atoms with Gasteiger partial charge in [-0.25, -0.2) is 9.50 Å². The maximum absolute atomic E-state index is 6.25. The van der Waals surface area contributed by atoms with E-state index in [0.29, 0.717) is 24.1 Å². The third-order valence-electron chi connectivity index (χ3n) is 4.94. The van der Waals surface area contributed by atoms with Crippen molar-refractivity contribution in [2.24, 2.45) is 0 Å². The van der Waals surface area contributed by atoms with Crippen LogP contribution in [0.25, 0.3) is 5.65 Å². The number of hydrogen-bond acceptors (Lipinski definition) is 4. The molecule has 0 unspecified atom stereocenters. The zero-order valence-electron chi connectivity index (χ0n) is 13.8. The number of fused-ring (bicyclic) bond motifs is 3. The Hall–Kier alpha value is -1.78. The van der Waals surface area contributed by atoms with Crippen LogP contribution in [-0.4, -0.2) is 32.8 Å². The normalized spacial score (nSPS) is 24.0. The van der Waals surface area contributed by atoms with E-state index in [1.807, 2.05) is 16.9 Å². The fourth-order valence-corrected chi connectivity index (χ4v) is 3.89.